The zero-order valence-corrected chi connectivity index (χ0v) is 13.3. The van der Waals surface area contributed by atoms with Gasteiger partial charge in [-0.25, -0.2) is 13.8 Å². The maximum atomic E-state index is 13.7. The fraction of sp³-hybridized carbons (Fsp3) is 0.471. The molecule has 0 unspecified atom stereocenters. The van der Waals surface area contributed by atoms with Gasteiger partial charge in [0.15, 0.2) is 0 Å². The van der Waals surface area contributed by atoms with E-state index in [1.807, 2.05) is 5.51 Å². The first-order valence-corrected chi connectivity index (χ1v) is 8.69. The van der Waals surface area contributed by atoms with Crippen LogP contribution >= 0.6 is 11.3 Å². The molecule has 22 heavy (non-hydrogen) atoms. The van der Waals surface area contributed by atoms with E-state index in [1.165, 1.54) is 18.2 Å². The van der Waals surface area contributed by atoms with Gasteiger partial charge in [-0.3, -0.25) is 4.90 Å². The Bertz CT molecular complexity index is 580. The Morgan fingerprint density at radius 1 is 1.27 bits per heavy atom. The van der Waals surface area contributed by atoms with Crippen molar-refractivity contribution < 1.29 is 8.78 Å². The number of rotatable bonds is 5. The number of halogens is 2. The zero-order valence-electron chi connectivity index (χ0n) is 12.5. The van der Waals surface area contributed by atoms with E-state index in [9.17, 15) is 8.78 Å². The average molecular weight is 322 g/mol. The molecule has 1 aliphatic heterocycles. The molecule has 0 spiro atoms. The van der Waals surface area contributed by atoms with E-state index in [0.717, 1.165) is 44.6 Å². The van der Waals surface area contributed by atoms with Gasteiger partial charge in [-0.15, -0.1) is 11.3 Å². The molecule has 2 nitrogen and oxygen atoms in total. The van der Waals surface area contributed by atoms with E-state index >= 15 is 0 Å². The Balaban J connectivity index is 1.54. The average Bonchev–Trinajstić information content (AvgIpc) is 3.00. The molecular weight excluding hydrogens is 302 g/mol. The number of benzene rings is 1. The third-order valence-corrected chi connectivity index (χ3v) is 4.97. The summed E-state index contributed by atoms with van der Waals surface area (Å²) in [5, 5.41) is 2.08. The summed E-state index contributed by atoms with van der Waals surface area (Å²) in [6, 6.07) is 4.10. The number of aromatic nitrogens is 1. The maximum absolute atomic E-state index is 13.7. The van der Waals surface area contributed by atoms with E-state index < -0.39 is 11.6 Å². The van der Waals surface area contributed by atoms with Crippen molar-refractivity contribution in [2.45, 2.75) is 32.2 Å². The standard InChI is InChI=1S/C17H20F2N2S/c18-16-4-1-5-17(19)15(16)7-6-13-3-2-8-21(9-13)10-14-11-22-12-20-14/h1,4-5,11-13H,2-3,6-10H2/t13-/m0/s1. The summed E-state index contributed by atoms with van der Waals surface area (Å²) in [5.74, 6) is -0.336. The summed E-state index contributed by atoms with van der Waals surface area (Å²) in [5.41, 5.74) is 3.21. The van der Waals surface area contributed by atoms with Crippen LogP contribution in [0.2, 0.25) is 0 Å². The minimum Gasteiger partial charge on any atom is -0.297 e. The molecule has 5 heteroatoms. The smallest absolute Gasteiger partial charge is 0.129 e. The molecule has 0 saturated carbocycles. The first-order chi connectivity index (χ1) is 10.7. The van der Waals surface area contributed by atoms with Gasteiger partial charge in [0.25, 0.3) is 0 Å². The Morgan fingerprint density at radius 3 is 2.82 bits per heavy atom. The molecule has 3 rings (SSSR count). The van der Waals surface area contributed by atoms with Gasteiger partial charge in [0, 0.05) is 24.0 Å². The molecule has 1 fully saturated rings. The van der Waals surface area contributed by atoms with Crippen molar-refractivity contribution in [1.82, 2.24) is 9.88 Å². The van der Waals surface area contributed by atoms with Crippen molar-refractivity contribution in [3.05, 3.63) is 52.0 Å². The lowest BCUT2D eigenvalue weighted by molar-refractivity contribution is 0.160. The van der Waals surface area contributed by atoms with Crippen molar-refractivity contribution in [1.29, 1.82) is 0 Å². The van der Waals surface area contributed by atoms with Crippen LogP contribution in [0, 0.1) is 17.6 Å². The summed E-state index contributed by atoms with van der Waals surface area (Å²) in [7, 11) is 0. The Hall–Kier alpha value is -1.33. The number of likely N-dealkylation sites (tertiary alicyclic amines) is 1. The van der Waals surface area contributed by atoms with E-state index in [1.54, 1.807) is 11.3 Å². The van der Waals surface area contributed by atoms with Crippen LogP contribution < -0.4 is 0 Å². The second-order valence-electron chi connectivity index (χ2n) is 5.96. The van der Waals surface area contributed by atoms with Gasteiger partial charge in [0.05, 0.1) is 11.2 Å². The molecular formula is C17H20F2N2S. The molecule has 0 bridgehead atoms. The lowest BCUT2D eigenvalue weighted by atomic mass is 9.91. The SMILES string of the molecule is Fc1cccc(F)c1CC[C@@H]1CCCN(Cc2cscn2)C1. The molecule has 0 radical (unpaired) electrons. The summed E-state index contributed by atoms with van der Waals surface area (Å²) < 4.78 is 27.4. The lowest BCUT2D eigenvalue weighted by Crippen LogP contribution is -2.35. The topological polar surface area (TPSA) is 16.1 Å². The summed E-state index contributed by atoms with van der Waals surface area (Å²) in [6.07, 6.45) is 3.61. The third kappa shape index (κ3) is 3.90. The molecule has 1 aromatic carbocycles. The highest BCUT2D eigenvalue weighted by Gasteiger charge is 2.21. The fourth-order valence-corrected chi connectivity index (χ4v) is 3.74. The molecule has 0 N–H and O–H groups in total. The monoisotopic (exact) mass is 322 g/mol. The van der Waals surface area contributed by atoms with Gasteiger partial charge in [0.2, 0.25) is 0 Å². The Kier molecular flexibility index (Phi) is 5.16. The maximum Gasteiger partial charge on any atom is 0.129 e. The normalized spacial score (nSPS) is 19.5. The van der Waals surface area contributed by atoms with Crippen molar-refractivity contribution >= 4 is 11.3 Å². The summed E-state index contributed by atoms with van der Waals surface area (Å²) in [6.45, 7) is 2.96. The quantitative estimate of drug-likeness (QED) is 0.817. The predicted molar refractivity (Wildman–Crippen MR) is 84.8 cm³/mol. The van der Waals surface area contributed by atoms with Gasteiger partial charge in [0.1, 0.15) is 11.6 Å². The zero-order chi connectivity index (χ0) is 15.4. The molecule has 1 atom stereocenters. The molecule has 0 aliphatic carbocycles. The molecule has 2 heterocycles. The van der Waals surface area contributed by atoms with Gasteiger partial charge in [-0.1, -0.05) is 6.07 Å². The third-order valence-electron chi connectivity index (χ3n) is 4.34. The second kappa shape index (κ2) is 7.29. The first kappa shape index (κ1) is 15.6. The minimum absolute atomic E-state index is 0.235. The van der Waals surface area contributed by atoms with Crippen LogP contribution in [0.25, 0.3) is 0 Å². The highest BCUT2D eigenvalue weighted by atomic mass is 32.1. The summed E-state index contributed by atoms with van der Waals surface area (Å²) >= 11 is 1.62. The van der Waals surface area contributed by atoms with Gasteiger partial charge in [-0.05, 0) is 50.3 Å². The number of hydrogen-bond acceptors (Lipinski definition) is 3. The van der Waals surface area contributed by atoms with E-state index in [2.05, 4.69) is 15.3 Å². The fourth-order valence-electron chi connectivity index (χ4n) is 3.19. The van der Waals surface area contributed by atoms with Crippen LogP contribution in [0.1, 0.15) is 30.5 Å². The molecule has 2 aromatic rings. The molecule has 1 aliphatic rings. The van der Waals surface area contributed by atoms with Crippen LogP contribution in [-0.4, -0.2) is 23.0 Å². The number of hydrogen-bond donors (Lipinski definition) is 0. The van der Waals surface area contributed by atoms with Crippen LogP contribution in [0.3, 0.4) is 0 Å². The Labute approximate surface area is 133 Å². The number of piperidine rings is 1. The molecule has 1 aromatic heterocycles. The van der Waals surface area contributed by atoms with E-state index in [0.29, 0.717) is 12.3 Å². The van der Waals surface area contributed by atoms with Gasteiger partial charge >= 0.3 is 0 Å². The molecule has 1 saturated heterocycles. The van der Waals surface area contributed by atoms with Crippen LogP contribution in [0.15, 0.2) is 29.1 Å². The summed E-state index contributed by atoms with van der Waals surface area (Å²) in [4.78, 5) is 6.73. The van der Waals surface area contributed by atoms with Crippen molar-refractivity contribution in [2.24, 2.45) is 5.92 Å². The number of nitrogens with zero attached hydrogens (tertiary/aromatic N) is 2. The van der Waals surface area contributed by atoms with Gasteiger partial charge in [-0.2, -0.15) is 0 Å². The van der Waals surface area contributed by atoms with Gasteiger partial charge < -0.3 is 0 Å². The van der Waals surface area contributed by atoms with E-state index in [4.69, 9.17) is 0 Å². The molecule has 118 valence electrons. The second-order valence-corrected chi connectivity index (χ2v) is 6.68. The van der Waals surface area contributed by atoms with Crippen molar-refractivity contribution in [3.8, 4) is 0 Å². The highest BCUT2D eigenvalue weighted by Crippen LogP contribution is 2.24. The number of thiazole rings is 1. The van der Waals surface area contributed by atoms with Crippen molar-refractivity contribution in [2.75, 3.05) is 13.1 Å². The minimum atomic E-state index is -0.421. The van der Waals surface area contributed by atoms with Crippen LogP contribution in [-0.2, 0) is 13.0 Å². The predicted octanol–water partition coefficient (Wildman–Crippen LogP) is 4.27. The lowest BCUT2D eigenvalue weighted by Gasteiger charge is -2.32. The highest BCUT2D eigenvalue weighted by molar-refractivity contribution is 7.07. The van der Waals surface area contributed by atoms with E-state index in [-0.39, 0.29) is 5.56 Å². The largest absolute Gasteiger partial charge is 0.297 e. The molecule has 0 amide bonds. The van der Waals surface area contributed by atoms with Crippen LogP contribution in [0.4, 0.5) is 8.78 Å². The Morgan fingerprint density at radius 2 is 2.09 bits per heavy atom. The van der Waals surface area contributed by atoms with Crippen molar-refractivity contribution in [3.63, 3.8) is 0 Å². The first-order valence-electron chi connectivity index (χ1n) is 7.74. The van der Waals surface area contributed by atoms with Crippen LogP contribution in [0.5, 0.6) is 0 Å².